The normalized spacial score (nSPS) is 12.8. The molecule has 0 amide bonds. The summed E-state index contributed by atoms with van der Waals surface area (Å²) < 4.78 is 0. The molecule has 0 N–H and O–H groups in total. The van der Waals surface area contributed by atoms with Gasteiger partial charge in [0.25, 0.3) is 0 Å². The number of piperidine rings is 3. The van der Waals surface area contributed by atoms with Gasteiger partial charge in [-0.15, -0.1) is 51.9 Å². The van der Waals surface area contributed by atoms with Crippen LogP contribution < -0.4 is 0 Å². The maximum absolute atomic E-state index is 6.25. The first-order valence-electron chi connectivity index (χ1n) is 14.6. The van der Waals surface area contributed by atoms with Crippen LogP contribution in [0.5, 0.6) is 0 Å². The minimum Gasteiger partial charge on any atom is -0.687 e. The van der Waals surface area contributed by atoms with E-state index in [2.05, 4.69) is 21.3 Å². The van der Waals surface area contributed by atoms with Gasteiger partial charge in [0.15, 0.2) is 0 Å². The van der Waals surface area contributed by atoms with E-state index in [-0.39, 0.29) is 53.0 Å². The van der Waals surface area contributed by atoms with Crippen molar-refractivity contribution in [1.29, 1.82) is 31.6 Å². The van der Waals surface area contributed by atoms with Crippen LogP contribution in [0.15, 0.2) is 85.1 Å². The summed E-state index contributed by atoms with van der Waals surface area (Å²) in [5, 5.41) is 53.9. The maximum atomic E-state index is 6.25. The molecule has 13 heteroatoms. The van der Waals surface area contributed by atoms with Crippen LogP contribution in [0.25, 0.3) is 21.3 Å². The van der Waals surface area contributed by atoms with Crippen molar-refractivity contribution in [3.05, 3.63) is 146 Å². The quantitative estimate of drug-likeness (QED) is 0.188. The molecular weight excluding hydrogens is 756 g/mol. The largest absolute Gasteiger partial charge is 0.687 e. The third kappa shape index (κ3) is 86.4. The molecule has 272 valence electrons. The van der Waals surface area contributed by atoms with Gasteiger partial charge in [0.05, 0.1) is 0 Å². The Kier molecular flexibility index (Phi) is 125. The summed E-state index contributed by atoms with van der Waals surface area (Å²) in [5.41, 5.74) is 0. The minimum atomic E-state index is 0. The van der Waals surface area contributed by atoms with E-state index in [0.29, 0.717) is 0 Å². The van der Waals surface area contributed by atoms with Crippen molar-refractivity contribution in [2.75, 3.05) is 45.8 Å². The third-order valence-corrected chi connectivity index (χ3v) is 5.16. The van der Waals surface area contributed by atoms with E-state index in [0.717, 1.165) is 45.8 Å². The van der Waals surface area contributed by atoms with E-state index in [1.165, 1.54) is 57.8 Å². The standard InChI is InChI=1S/3C5H10N.C5H6N.2C5H5.6CN.2Co.Zn/c4*1-2-4-6-5-3-1;2*1-2-4-5-3-1;6*1-2;;;/h3*1-5H2;1-4H,5H2;2*1-5H;;;;;;;;;/q12*-1;;;. The monoisotopic (exact) mass is 800 g/mol. The SMILES string of the molecule is C1=CC[N-]C=C1.C1CC[N-]CC1.C1CC[N-]CC1.C1CC[N-]CC1.[C-]#N.[C-]#N.[C-]#N.[C-]#N.[C-]#N.[C-]#N.[Co].[Co].[Zn].c1cc[cH-]c1.c1cc[cH-]c1. The fourth-order valence-corrected chi connectivity index (χ4v) is 3.22. The Bertz CT molecular complexity index is 698. The number of hydrogen-bond donors (Lipinski definition) is 0. The van der Waals surface area contributed by atoms with E-state index in [1.807, 2.05) is 78.9 Å². The van der Waals surface area contributed by atoms with Crippen LogP contribution >= 0.6 is 0 Å². The molecule has 6 rings (SSSR count). The van der Waals surface area contributed by atoms with Crippen LogP contribution in [-0.2, 0) is 53.0 Å². The average Bonchev–Trinajstić information content (AvgIpc) is 4.01. The topological polar surface area (TPSA) is 199 Å². The number of allylic oxidation sites excluding steroid dienone is 2. The van der Waals surface area contributed by atoms with E-state index in [9.17, 15) is 0 Å². The second-order valence-electron chi connectivity index (χ2n) is 8.25. The molecule has 2 aromatic carbocycles. The van der Waals surface area contributed by atoms with Crippen LogP contribution in [0.3, 0.4) is 0 Å². The van der Waals surface area contributed by atoms with Gasteiger partial charge in [-0.25, -0.2) is 24.3 Å². The molecular formula is C36H46Co2N10Zn-12. The van der Waals surface area contributed by atoms with Crippen LogP contribution in [-0.4, -0.2) is 45.8 Å². The van der Waals surface area contributed by atoms with Gasteiger partial charge in [0.2, 0.25) is 0 Å². The van der Waals surface area contributed by atoms with Gasteiger partial charge >= 0.3 is 0 Å². The number of hydrogen-bond acceptors (Lipinski definition) is 6. The zero-order chi connectivity index (χ0) is 36.0. The third-order valence-electron chi connectivity index (χ3n) is 5.16. The molecule has 10 nitrogen and oxygen atoms in total. The first-order chi connectivity index (χ1) is 23.0. The van der Waals surface area contributed by atoms with Gasteiger partial charge in [0, 0.05) is 53.0 Å². The van der Waals surface area contributed by atoms with Crippen molar-refractivity contribution < 1.29 is 53.0 Å². The Balaban J connectivity index is -0.0000000522. The molecule has 4 heterocycles. The molecule has 3 fully saturated rings. The summed E-state index contributed by atoms with van der Waals surface area (Å²) >= 11 is 0. The van der Waals surface area contributed by atoms with Crippen LogP contribution in [0, 0.1) is 71.0 Å². The molecule has 0 aromatic heterocycles. The van der Waals surface area contributed by atoms with Gasteiger partial charge in [-0.2, -0.15) is 42.6 Å². The van der Waals surface area contributed by atoms with E-state index < -0.39 is 0 Å². The molecule has 2 radical (unpaired) electrons. The smallest absolute Gasteiger partial charge is 0 e. The first kappa shape index (κ1) is 67.6. The van der Waals surface area contributed by atoms with Crippen LogP contribution in [0.1, 0.15) is 57.8 Å². The molecule has 0 unspecified atom stereocenters. The Morgan fingerprint density at radius 1 is 0.408 bits per heavy atom. The second-order valence-corrected chi connectivity index (χ2v) is 8.25. The molecule has 2 aromatic rings. The van der Waals surface area contributed by atoms with Crippen LogP contribution in [0.4, 0.5) is 0 Å². The van der Waals surface area contributed by atoms with Gasteiger partial charge in [-0.3, -0.25) is 0 Å². The maximum Gasteiger partial charge on any atom is 0 e. The fourth-order valence-electron chi connectivity index (χ4n) is 3.22. The zero-order valence-electron chi connectivity index (χ0n) is 28.2. The zero-order valence-corrected chi connectivity index (χ0v) is 33.3. The van der Waals surface area contributed by atoms with E-state index in [1.54, 1.807) is 6.20 Å². The van der Waals surface area contributed by atoms with Crippen molar-refractivity contribution >= 4 is 0 Å². The van der Waals surface area contributed by atoms with E-state index in [4.69, 9.17) is 71.0 Å². The molecule has 4 aliphatic rings. The van der Waals surface area contributed by atoms with E-state index >= 15 is 0 Å². The Morgan fingerprint density at radius 2 is 0.673 bits per heavy atom. The van der Waals surface area contributed by atoms with Crippen molar-refractivity contribution in [1.82, 2.24) is 0 Å². The Labute approximate surface area is 332 Å². The van der Waals surface area contributed by atoms with Crippen LogP contribution in [0.2, 0.25) is 0 Å². The molecule has 49 heavy (non-hydrogen) atoms. The average molecular weight is 802 g/mol. The Hall–Kier alpha value is -3.56. The van der Waals surface area contributed by atoms with Crippen molar-refractivity contribution in [2.24, 2.45) is 0 Å². The van der Waals surface area contributed by atoms with Crippen molar-refractivity contribution in [3.63, 3.8) is 0 Å². The molecule has 0 atom stereocenters. The van der Waals surface area contributed by atoms with Crippen molar-refractivity contribution in [3.8, 4) is 0 Å². The number of rotatable bonds is 0. The predicted octanol–water partition coefficient (Wildman–Crippen LogP) is 9.46. The summed E-state index contributed by atoms with van der Waals surface area (Å²) in [6.07, 6.45) is 20.0. The summed E-state index contributed by atoms with van der Waals surface area (Å²) in [4.78, 5) is 0. The van der Waals surface area contributed by atoms with Gasteiger partial charge < -0.3 is 92.3 Å². The predicted molar refractivity (Wildman–Crippen MR) is 181 cm³/mol. The summed E-state index contributed by atoms with van der Waals surface area (Å²) in [5.74, 6) is 0. The first-order valence-corrected chi connectivity index (χ1v) is 14.6. The summed E-state index contributed by atoms with van der Waals surface area (Å²) in [6.45, 7) is 36.1. The molecule has 0 bridgehead atoms. The fraction of sp³-hybridized carbons (Fsp3) is 0.444. The van der Waals surface area contributed by atoms with Gasteiger partial charge in [0.1, 0.15) is 0 Å². The van der Waals surface area contributed by atoms with Crippen molar-refractivity contribution in [2.45, 2.75) is 57.8 Å². The summed E-state index contributed by atoms with van der Waals surface area (Å²) in [6, 6.07) is 20.0. The summed E-state index contributed by atoms with van der Waals surface area (Å²) in [7, 11) is 0. The molecule has 0 saturated carbocycles. The molecule has 4 aliphatic heterocycles. The van der Waals surface area contributed by atoms with Gasteiger partial charge in [-0.05, 0) is 0 Å². The molecule has 3 saturated heterocycles. The van der Waals surface area contributed by atoms with Gasteiger partial charge in [-0.1, -0.05) is 69.9 Å². The number of nitrogens with zero attached hydrogens (tertiary/aromatic N) is 10. The minimum absolute atomic E-state index is 0. The second kappa shape index (κ2) is 90.5. The molecule has 0 spiro atoms. The Morgan fingerprint density at radius 3 is 0.735 bits per heavy atom. The molecule has 0 aliphatic carbocycles.